The highest BCUT2D eigenvalue weighted by molar-refractivity contribution is 5.95. The van der Waals surface area contributed by atoms with E-state index in [0.717, 1.165) is 39.6 Å². The molecule has 0 unspecified atom stereocenters. The van der Waals surface area contributed by atoms with E-state index in [0.29, 0.717) is 12.2 Å². The summed E-state index contributed by atoms with van der Waals surface area (Å²) in [4.78, 5) is 0. The maximum absolute atomic E-state index is 11.1. The van der Waals surface area contributed by atoms with Crippen molar-refractivity contribution in [1.29, 1.82) is 0 Å². The van der Waals surface area contributed by atoms with E-state index in [9.17, 15) is 10.2 Å². The topological polar surface area (TPSA) is 58.9 Å². The van der Waals surface area contributed by atoms with Crippen LogP contribution in [0.5, 0.6) is 17.2 Å². The first-order valence-corrected chi connectivity index (χ1v) is 8.79. The predicted octanol–water partition coefficient (Wildman–Crippen LogP) is 4.52. The molecular weight excluding hydrogens is 328 g/mol. The molecule has 26 heavy (non-hydrogen) atoms. The molecule has 0 spiro atoms. The maximum Gasteiger partial charge on any atom is 0.130 e. The molecule has 4 heteroatoms. The molecule has 4 nitrogen and oxygen atoms in total. The van der Waals surface area contributed by atoms with Crippen molar-refractivity contribution in [2.75, 3.05) is 14.2 Å². The molecule has 3 aromatic carbocycles. The minimum atomic E-state index is -0.506. The van der Waals surface area contributed by atoms with E-state index < -0.39 is 6.10 Å². The van der Waals surface area contributed by atoms with Gasteiger partial charge in [0.25, 0.3) is 0 Å². The Morgan fingerprint density at radius 3 is 2.35 bits per heavy atom. The third-order valence-corrected chi connectivity index (χ3v) is 5.36. The summed E-state index contributed by atoms with van der Waals surface area (Å²) >= 11 is 0. The Hall–Kier alpha value is -2.72. The molecule has 134 valence electrons. The van der Waals surface area contributed by atoms with E-state index in [-0.39, 0.29) is 11.7 Å². The molecule has 0 radical (unpaired) electrons. The van der Waals surface area contributed by atoms with Crippen molar-refractivity contribution in [2.45, 2.75) is 24.9 Å². The number of hydrogen-bond donors (Lipinski definition) is 2. The van der Waals surface area contributed by atoms with Crippen molar-refractivity contribution in [3.05, 3.63) is 65.2 Å². The molecule has 1 aliphatic carbocycles. The van der Waals surface area contributed by atoms with Crippen molar-refractivity contribution in [3.63, 3.8) is 0 Å². The number of methoxy groups -OCH3 is 2. The summed E-state index contributed by atoms with van der Waals surface area (Å²) < 4.78 is 11.0. The summed E-state index contributed by atoms with van der Waals surface area (Å²) in [6.07, 6.45) is 0.880. The molecule has 0 aliphatic heterocycles. The van der Waals surface area contributed by atoms with Crippen LogP contribution in [-0.2, 0) is 0 Å². The molecule has 0 bridgehead atoms. The summed E-state index contributed by atoms with van der Waals surface area (Å²) in [6.45, 7) is 0. The molecule has 0 fully saturated rings. The zero-order valence-electron chi connectivity index (χ0n) is 14.9. The number of aliphatic hydroxyl groups is 1. The molecule has 0 aromatic heterocycles. The lowest BCUT2D eigenvalue weighted by Gasteiger charge is -2.31. The van der Waals surface area contributed by atoms with Gasteiger partial charge in [-0.3, -0.25) is 0 Å². The number of fused-ring (bicyclic) bond motifs is 2. The predicted molar refractivity (Wildman–Crippen MR) is 101 cm³/mol. The Balaban J connectivity index is 1.95. The Labute approximate surface area is 152 Å². The minimum absolute atomic E-state index is 0.0427. The first-order valence-electron chi connectivity index (χ1n) is 8.79. The molecule has 0 saturated carbocycles. The average molecular weight is 350 g/mol. The van der Waals surface area contributed by atoms with Gasteiger partial charge in [0.15, 0.2) is 0 Å². The van der Waals surface area contributed by atoms with Crippen LogP contribution in [0, 0.1) is 0 Å². The summed E-state index contributed by atoms with van der Waals surface area (Å²) in [6, 6.07) is 15.4. The van der Waals surface area contributed by atoms with Crippen LogP contribution in [0.4, 0.5) is 0 Å². The Kier molecular flexibility index (Phi) is 4.21. The number of benzene rings is 3. The van der Waals surface area contributed by atoms with Gasteiger partial charge < -0.3 is 19.7 Å². The van der Waals surface area contributed by atoms with Crippen LogP contribution in [0.3, 0.4) is 0 Å². The Morgan fingerprint density at radius 1 is 0.846 bits per heavy atom. The van der Waals surface area contributed by atoms with Gasteiger partial charge in [0.05, 0.1) is 25.7 Å². The van der Waals surface area contributed by atoms with Gasteiger partial charge in [-0.15, -0.1) is 0 Å². The smallest absolute Gasteiger partial charge is 0.130 e. The molecular formula is C22H22O4. The first kappa shape index (κ1) is 16.7. The third kappa shape index (κ3) is 2.49. The quantitative estimate of drug-likeness (QED) is 0.729. The fraction of sp³-hybridized carbons (Fsp3) is 0.273. The lowest BCUT2D eigenvalue weighted by Crippen LogP contribution is -2.16. The van der Waals surface area contributed by atoms with Gasteiger partial charge in [0.2, 0.25) is 0 Å². The fourth-order valence-corrected chi connectivity index (χ4v) is 4.13. The van der Waals surface area contributed by atoms with Crippen LogP contribution in [0.25, 0.3) is 10.8 Å². The lowest BCUT2D eigenvalue weighted by molar-refractivity contribution is 0.152. The number of aromatic hydroxyl groups is 1. The summed E-state index contributed by atoms with van der Waals surface area (Å²) in [5, 5.41) is 23.2. The van der Waals surface area contributed by atoms with E-state index in [1.54, 1.807) is 14.2 Å². The molecule has 0 amide bonds. The SMILES string of the molecule is COc1cccc2c1[C@@H](c1ccc3cccc(OC)c3c1O)CC[C@@H]2O. The number of aliphatic hydroxyl groups excluding tert-OH is 1. The van der Waals surface area contributed by atoms with Crippen molar-refractivity contribution < 1.29 is 19.7 Å². The van der Waals surface area contributed by atoms with Gasteiger partial charge in [0, 0.05) is 17.0 Å². The van der Waals surface area contributed by atoms with Crippen molar-refractivity contribution in [2.24, 2.45) is 0 Å². The summed E-state index contributed by atoms with van der Waals surface area (Å²) in [5.41, 5.74) is 2.66. The van der Waals surface area contributed by atoms with E-state index in [2.05, 4.69) is 0 Å². The standard InChI is InChI=1S/C22H22O4/c1-25-18-7-3-5-13-9-10-15(22(24)20(13)18)14-11-12-17(23)16-6-4-8-19(26-2)21(14)16/h3-10,14,17,23-24H,11-12H2,1-2H3/t14-,17+/m1/s1. The van der Waals surface area contributed by atoms with Gasteiger partial charge >= 0.3 is 0 Å². The fourth-order valence-electron chi connectivity index (χ4n) is 4.13. The van der Waals surface area contributed by atoms with E-state index in [1.807, 2.05) is 48.5 Å². The monoisotopic (exact) mass is 350 g/mol. The minimum Gasteiger partial charge on any atom is -0.507 e. The van der Waals surface area contributed by atoms with Gasteiger partial charge in [-0.1, -0.05) is 36.4 Å². The third-order valence-electron chi connectivity index (χ3n) is 5.36. The number of phenolic OH excluding ortho intramolecular Hbond substituents is 1. The second-order valence-corrected chi connectivity index (χ2v) is 6.67. The number of phenols is 1. The first-order chi connectivity index (χ1) is 12.7. The zero-order chi connectivity index (χ0) is 18.3. The van der Waals surface area contributed by atoms with Crippen LogP contribution in [0.1, 0.15) is 41.6 Å². The molecule has 1 aliphatic rings. The normalized spacial score (nSPS) is 19.2. The molecule has 2 N–H and O–H groups in total. The van der Waals surface area contributed by atoms with Gasteiger partial charge in [-0.25, -0.2) is 0 Å². The van der Waals surface area contributed by atoms with Crippen LogP contribution >= 0.6 is 0 Å². The van der Waals surface area contributed by atoms with Gasteiger partial charge in [-0.2, -0.15) is 0 Å². The van der Waals surface area contributed by atoms with E-state index in [4.69, 9.17) is 9.47 Å². The highest BCUT2D eigenvalue weighted by Crippen LogP contribution is 2.49. The summed E-state index contributed by atoms with van der Waals surface area (Å²) in [7, 11) is 3.24. The van der Waals surface area contributed by atoms with Crippen molar-refractivity contribution in [1.82, 2.24) is 0 Å². The second kappa shape index (κ2) is 6.54. The van der Waals surface area contributed by atoms with Crippen LogP contribution in [0.2, 0.25) is 0 Å². The van der Waals surface area contributed by atoms with Gasteiger partial charge in [0.1, 0.15) is 17.2 Å². The average Bonchev–Trinajstić information content (AvgIpc) is 2.68. The molecule has 2 atom stereocenters. The van der Waals surface area contributed by atoms with Crippen molar-refractivity contribution in [3.8, 4) is 17.2 Å². The lowest BCUT2D eigenvalue weighted by atomic mass is 9.76. The highest BCUT2D eigenvalue weighted by atomic mass is 16.5. The largest absolute Gasteiger partial charge is 0.507 e. The molecule has 3 aromatic rings. The van der Waals surface area contributed by atoms with Crippen LogP contribution in [0.15, 0.2) is 48.5 Å². The molecule has 0 heterocycles. The number of rotatable bonds is 3. The van der Waals surface area contributed by atoms with Crippen LogP contribution < -0.4 is 9.47 Å². The molecule has 4 rings (SSSR count). The van der Waals surface area contributed by atoms with E-state index >= 15 is 0 Å². The number of hydrogen-bond acceptors (Lipinski definition) is 4. The summed E-state index contributed by atoms with van der Waals surface area (Å²) in [5.74, 6) is 1.58. The highest BCUT2D eigenvalue weighted by Gasteiger charge is 2.32. The molecule has 0 saturated heterocycles. The zero-order valence-corrected chi connectivity index (χ0v) is 14.9. The maximum atomic E-state index is 11.1. The number of ether oxygens (including phenoxy) is 2. The van der Waals surface area contributed by atoms with Crippen molar-refractivity contribution >= 4 is 10.8 Å². The Morgan fingerprint density at radius 2 is 1.58 bits per heavy atom. The van der Waals surface area contributed by atoms with Crippen LogP contribution in [-0.4, -0.2) is 24.4 Å². The van der Waals surface area contributed by atoms with Gasteiger partial charge in [-0.05, 0) is 35.9 Å². The Bertz CT molecular complexity index is 964. The van der Waals surface area contributed by atoms with E-state index in [1.165, 1.54) is 0 Å². The second-order valence-electron chi connectivity index (χ2n) is 6.67.